The quantitative estimate of drug-likeness (QED) is 0.767. The Kier molecular flexibility index (Phi) is 4.90. The summed E-state index contributed by atoms with van der Waals surface area (Å²) in [5.74, 6) is 0.177. The number of nitrogens with two attached hydrogens (primary N) is 1. The molecule has 114 valence electrons. The van der Waals surface area contributed by atoms with Crippen LogP contribution in [0.5, 0.6) is 0 Å². The number of nitrogen functional groups attached to an aromatic ring is 1. The van der Waals surface area contributed by atoms with E-state index < -0.39 is 0 Å². The van der Waals surface area contributed by atoms with Crippen molar-refractivity contribution in [1.82, 2.24) is 14.5 Å². The van der Waals surface area contributed by atoms with Crippen LogP contribution in [-0.2, 0) is 7.05 Å². The summed E-state index contributed by atoms with van der Waals surface area (Å²) in [6.45, 7) is 1.76. The fraction of sp³-hybridized carbons (Fsp3) is 0.533. The van der Waals surface area contributed by atoms with Crippen LogP contribution in [0.1, 0.15) is 37.7 Å². The molecule has 1 saturated carbocycles. The van der Waals surface area contributed by atoms with Crippen molar-refractivity contribution in [2.45, 2.75) is 45.1 Å². The zero-order valence-electron chi connectivity index (χ0n) is 12.5. The molecule has 21 heavy (non-hydrogen) atoms. The maximum Gasteiger partial charge on any atom is 0.254 e. The van der Waals surface area contributed by atoms with Crippen LogP contribution >= 0.6 is 0 Å². The van der Waals surface area contributed by atoms with E-state index in [1.54, 1.807) is 26.2 Å². The summed E-state index contributed by atoms with van der Waals surface area (Å²) < 4.78 is 1.47. The minimum atomic E-state index is -0.0596. The van der Waals surface area contributed by atoms with Crippen molar-refractivity contribution in [3.63, 3.8) is 0 Å². The van der Waals surface area contributed by atoms with Gasteiger partial charge in [0.25, 0.3) is 5.56 Å². The summed E-state index contributed by atoms with van der Waals surface area (Å²) in [7, 11) is 1.67. The maximum atomic E-state index is 11.6. The molecular formula is C15H22N4O2. The second-order valence-electron chi connectivity index (χ2n) is 5.49. The number of fused-ring (bicyclic) bond motifs is 1. The molecule has 0 aromatic carbocycles. The molecule has 0 spiro atoms. The Labute approximate surface area is 123 Å². The highest BCUT2D eigenvalue weighted by atomic mass is 16.3. The van der Waals surface area contributed by atoms with Gasteiger partial charge in [-0.3, -0.25) is 9.36 Å². The Morgan fingerprint density at radius 1 is 1.33 bits per heavy atom. The number of rotatable bonds is 0. The average Bonchev–Trinajstić information content (AvgIpc) is 2.47. The average molecular weight is 290 g/mol. The van der Waals surface area contributed by atoms with Crippen LogP contribution in [-0.4, -0.2) is 25.7 Å². The molecule has 0 saturated heterocycles. The molecule has 0 amide bonds. The number of aliphatic hydroxyl groups excluding tert-OH is 1. The molecule has 1 aliphatic carbocycles. The standard InChI is InChI=1S/C9H10N4O.C6H12O/c1-5-3-6-4-11-9(10)12-7(6)13(2)8(5)14;7-6-4-2-1-3-5-6/h3-4H,1-2H3,(H2,10,11,12);6-7H,1-5H2. The highest BCUT2D eigenvalue weighted by molar-refractivity contribution is 5.75. The van der Waals surface area contributed by atoms with Gasteiger partial charge in [-0.15, -0.1) is 0 Å². The maximum absolute atomic E-state index is 11.6. The molecule has 1 aliphatic rings. The third-order valence-corrected chi connectivity index (χ3v) is 3.72. The van der Waals surface area contributed by atoms with Gasteiger partial charge in [-0.25, -0.2) is 4.98 Å². The van der Waals surface area contributed by atoms with Gasteiger partial charge >= 0.3 is 0 Å². The molecule has 0 unspecified atom stereocenters. The second kappa shape index (κ2) is 6.67. The lowest BCUT2D eigenvalue weighted by molar-refractivity contribution is 0.130. The molecule has 2 heterocycles. The van der Waals surface area contributed by atoms with E-state index >= 15 is 0 Å². The predicted octanol–water partition coefficient (Wildman–Crippen LogP) is 1.53. The highest BCUT2D eigenvalue weighted by Crippen LogP contribution is 2.16. The van der Waals surface area contributed by atoms with E-state index in [1.807, 2.05) is 0 Å². The van der Waals surface area contributed by atoms with Gasteiger partial charge in [0.2, 0.25) is 5.95 Å². The van der Waals surface area contributed by atoms with E-state index in [1.165, 1.54) is 23.8 Å². The summed E-state index contributed by atoms with van der Waals surface area (Å²) in [6.07, 6.45) is 7.54. The first-order valence-corrected chi connectivity index (χ1v) is 7.26. The van der Waals surface area contributed by atoms with Crippen molar-refractivity contribution in [3.8, 4) is 0 Å². The normalized spacial score (nSPS) is 15.6. The van der Waals surface area contributed by atoms with Gasteiger partial charge in [0.05, 0.1) is 6.10 Å². The summed E-state index contributed by atoms with van der Waals surface area (Å²) in [4.78, 5) is 19.4. The molecule has 6 heteroatoms. The van der Waals surface area contributed by atoms with Gasteiger partial charge in [0, 0.05) is 24.2 Å². The summed E-state index contributed by atoms with van der Waals surface area (Å²) in [5, 5.41) is 9.73. The van der Waals surface area contributed by atoms with E-state index in [0.29, 0.717) is 11.2 Å². The fourth-order valence-corrected chi connectivity index (χ4v) is 2.50. The molecule has 3 N–H and O–H groups in total. The SMILES string of the molecule is Cc1cc2cnc(N)nc2n(C)c1=O.OC1CCCCC1. The second-order valence-corrected chi connectivity index (χ2v) is 5.49. The fourth-order valence-electron chi connectivity index (χ4n) is 2.50. The van der Waals surface area contributed by atoms with Crippen LogP contribution in [0.2, 0.25) is 0 Å². The van der Waals surface area contributed by atoms with Gasteiger partial charge in [-0.05, 0) is 25.8 Å². The number of aryl methyl sites for hydroxylation is 2. The van der Waals surface area contributed by atoms with Crippen molar-refractivity contribution < 1.29 is 5.11 Å². The highest BCUT2D eigenvalue weighted by Gasteiger charge is 2.07. The molecule has 2 aromatic rings. The topological polar surface area (TPSA) is 94.0 Å². The molecule has 6 nitrogen and oxygen atoms in total. The van der Waals surface area contributed by atoms with Crippen molar-refractivity contribution in [2.75, 3.05) is 5.73 Å². The van der Waals surface area contributed by atoms with Crippen LogP contribution < -0.4 is 11.3 Å². The number of hydrogen-bond acceptors (Lipinski definition) is 5. The Morgan fingerprint density at radius 3 is 2.57 bits per heavy atom. The van der Waals surface area contributed by atoms with Crippen LogP contribution in [0, 0.1) is 6.92 Å². The lowest BCUT2D eigenvalue weighted by Crippen LogP contribution is -2.20. The van der Waals surface area contributed by atoms with Crippen molar-refractivity contribution in [3.05, 3.63) is 28.2 Å². The van der Waals surface area contributed by atoms with Crippen LogP contribution in [0.25, 0.3) is 11.0 Å². The molecule has 3 rings (SSSR count). The first-order chi connectivity index (χ1) is 9.99. The zero-order chi connectivity index (χ0) is 15.4. The number of anilines is 1. The van der Waals surface area contributed by atoms with Gasteiger partial charge < -0.3 is 10.8 Å². The molecule has 1 fully saturated rings. The van der Waals surface area contributed by atoms with E-state index in [-0.39, 0.29) is 17.6 Å². The number of aliphatic hydroxyl groups is 1. The van der Waals surface area contributed by atoms with Gasteiger partial charge in [-0.1, -0.05) is 19.3 Å². The predicted molar refractivity (Wildman–Crippen MR) is 83.0 cm³/mol. The van der Waals surface area contributed by atoms with Crippen molar-refractivity contribution >= 4 is 17.0 Å². The van der Waals surface area contributed by atoms with E-state index in [9.17, 15) is 4.79 Å². The summed E-state index contributed by atoms with van der Waals surface area (Å²) >= 11 is 0. The Balaban J connectivity index is 0.000000194. The third kappa shape index (κ3) is 3.78. The van der Waals surface area contributed by atoms with E-state index in [2.05, 4.69) is 9.97 Å². The van der Waals surface area contributed by atoms with Gasteiger partial charge in [-0.2, -0.15) is 4.98 Å². The molecule has 0 aliphatic heterocycles. The molecular weight excluding hydrogens is 268 g/mol. The van der Waals surface area contributed by atoms with Crippen molar-refractivity contribution in [2.24, 2.45) is 7.05 Å². The number of nitrogens with zero attached hydrogens (tertiary/aromatic N) is 3. The number of hydrogen-bond donors (Lipinski definition) is 2. The molecule has 0 atom stereocenters. The van der Waals surface area contributed by atoms with Crippen LogP contribution in [0.15, 0.2) is 17.1 Å². The van der Waals surface area contributed by atoms with Gasteiger partial charge in [0.15, 0.2) is 0 Å². The van der Waals surface area contributed by atoms with Gasteiger partial charge in [0.1, 0.15) is 5.65 Å². The number of aromatic nitrogens is 3. The monoisotopic (exact) mass is 290 g/mol. The first kappa shape index (κ1) is 15.4. The summed E-state index contributed by atoms with van der Waals surface area (Å²) in [6, 6.07) is 1.76. The lowest BCUT2D eigenvalue weighted by atomic mass is 9.98. The lowest BCUT2D eigenvalue weighted by Gasteiger charge is -2.14. The van der Waals surface area contributed by atoms with Crippen molar-refractivity contribution in [1.29, 1.82) is 0 Å². The minimum Gasteiger partial charge on any atom is -0.393 e. The Morgan fingerprint density at radius 2 is 2.00 bits per heavy atom. The van der Waals surface area contributed by atoms with E-state index in [4.69, 9.17) is 10.8 Å². The Hall–Kier alpha value is -1.95. The number of pyridine rings is 1. The molecule has 0 bridgehead atoms. The largest absolute Gasteiger partial charge is 0.393 e. The first-order valence-electron chi connectivity index (χ1n) is 7.26. The third-order valence-electron chi connectivity index (χ3n) is 3.72. The Bertz CT molecular complexity index is 675. The van der Waals surface area contributed by atoms with Crippen LogP contribution in [0.4, 0.5) is 5.95 Å². The molecule has 2 aromatic heterocycles. The minimum absolute atomic E-state index is 0.0359. The zero-order valence-corrected chi connectivity index (χ0v) is 12.5. The van der Waals surface area contributed by atoms with E-state index in [0.717, 1.165) is 18.2 Å². The smallest absolute Gasteiger partial charge is 0.254 e. The molecule has 0 radical (unpaired) electrons. The van der Waals surface area contributed by atoms with Crippen LogP contribution in [0.3, 0.4) is 0 Å². The summed E-state index contributed by atoms with van der Waals surface area (Å²) in [5.41, 5.74) is 6.62.